The van der Waals surface area contributed by atoms with E-state index >= 15 is 0 Å². The summed E-state index contributed by atoms with van der Waals surface area (Å²) in [5.74, 6) is 0.141. The minimum atomic E-state index is -0.172. The molecular formula is C16H20ClNO3. The molecule has 4 nitrogen and oxygen atoms in total. The van der Waals surface area contributed by atoms with Gasteiger partial charge in [0.1, 0.15) is 0 Å². The molecule has 1 aromatic carbocycles. The van der Waals surface area contributed by atoms with E-state index in [-0.39, 0.29) is 17.3 Å². The molecule has 0 aliphatic carbocycles. The van der Waals surface area contributed by atoms with Gasteiger partial charge in [0.15, 0.2) is 5.78 Å². The van der Waals surface area contributed by atoms with Crippen molar-refractivity contribution in [2.45, 2.75) is 31.3 Å². The Morgan fingerprint density at radius 3 is 2.76 bits per heavy atom. The van der Waals surface area contributed by atoms with Crippen molar-refractivity contribution < 1.29 is 14.3 Å². The van der Waals surface area contributed by atoms with Crippen LogP contribution in [0.4, 0.5) is 5.69 Å². The lowest BCUT2D eigenvalue weighted by Crippen LogP contribution is -2.45. The van der Waals surface area contributed by atoms with Gasteiger partial charge in [-0.3, -0.25) is 4.79 Å². The smallest absolute Gasteiger partial charge is 0.166 e. The molecule has 2 aliphatic heterocycles. The van der Waals surface area contributed by atoms with E-state index in [0.717, 1.165) is 25.7 Å². The maximum Gasteiger partial charge on any atom is 0.166 e. The number of carbonyl (C=O) groups is 1. The maximum absolute atomic E-state index is 12.7. The van der Waals surface area contributed by atoms with Crippen molar-refractivity contribution in [3.63, 3.8) is 0 Å². The number of benzene rings is 1. The summed E-state index contributed by atoms with van der Waals surface area (Å²) in [7, 11) is 0. The molecule has 3 rings (SSSR count). The second kappa shape index (κ2) is 5.95. The van der Waals surface area contributed by atoms with Crippen molar-refractivity contribution in [2.24, 2.45) is 5.92 Å². The van der Waals surface area contributed by atoms with Crippen molar-refractivity contribution >= 4 is 23.1 Å². The molecule has 1 unspecified atom stereocenters. The van der Waals surface area contributed by atoms with Crippen LogP contribution in [0.5, 0.6) is 0 Å². The van der Waals surface area contributed by atoms with Crippen LogP contribution in [0, 0.1) is 5.92 Å². The molecule has 114 valence electrons. The molecule has 2 heterocycles. The number of halogens is 1. The summed E-state index contributed by atoms with van der Waals surface area (Å²) in [5, 5.41) is 0.439. The van der Waals surface area contributed by atoms with E-state index in [1.54, 1.807) is 18.2 Å². The van der Waals surface area contributed by atoms with Gasteiger partial charge < -0.3 is 15.2 Å². The number of ketones is 1. The first kappa shape index (κ1) is 14.8. The summed E-state index contributed by atoms with van der Waals surface area (Å²) in [6.45, 7) is 2.07. The Morgan fingerprint density at radius 1 is 1.29 bits per heavy atom. The number of carbonyl (C=O) groups excluding carboxylic acids is 1. The molecule has 0 aromatic heterocycles. The van der Waals surface area contributed by atoms with Crippen molar-refractivity contribution in [1.29, 1.82) is 0 Å². The van der Waals surface area contributed by atoms with Crippen molar-refractivity contribution in [3.05, 3.63) is 28.8 Å². The Labute approximate surface area is 129 Å². The van der Waals surface area contributed by atoms with Crippen molar-refractivity contribution in [1.82, 2.24) is 0 Å². The lowest BCUT2D eigenvalue weighted by atomic mass is 9.78. The van der Waals surface area contributed by atoms with Crippen molar-refractivity contribution in [2.75, 3.05) is 25.6 Å². The number of hydrogen-bond donors (Lipinski definition) is 1. The van der Waals surface area contributed by atoms with Gasteiger partial charge in [0, 0.05) is 31.3 Å². The van der Waals surface area contributed by atoms with E-state index in [1.807, 2.05) is 0 Å². The molecule has 1 aromatic rings. The Bertz CT molecular complexity index is 535. The van der Waals surface area contributed by atoms with Crippen LogP contribution in [0.15, 0.2) is 18.2 Å². The standard InChI is InChI=1S/C16H20ClNO3/c17-13-9-11(1-2-14(13)18)15(19)12-3-6-21-16(10-12)4-7-20-8-5-16/h1-2,9,12H,3-8,10,18H2. The molecule has 0 amide bonds. The van der Waals surface area contributed by atoms with E-state index in [2.05, 4.69) is 0 Å². The summed E-state index contributed by atoms with van der Waals surface area (Å²) in [4.78, 5) is 12.7. The van der Waals surface area contributed by atoms with Gasteiger partial charge in [-0.05, 0) is 43.9 Å². The SMILES string of the molecule is Nc1ccc(C(=O)C2CCOC3(CCOCC3)C2)cc1Cl. The number of rotatable bonds is 2. The molecule has 5 heteroatoms. The van der Waals surface area contributed by atoms with Crippen LogP contribution >= 0.6 is 11.6 Å². The number of ether oxygens (including phenoxy) is 2. The average molecular weight is 310 g/mol. The Morgan fingerprint density at radius 2 is 2.05 bits per heavy atom. The summed E-state index contributed by atoms with van der Waals surface area (Å²) in [5.41, 5.74) is 6.67. The molecule has 1 atom stereocenters. The average Bonchev–Trinajstić information content (AvgIpc) is 2.50. The van der Waals surface area contributed by atoms with Gasteiger partial charge in [-0.2, -0.15) is 0 Å². The zero-order valence-electron chi connectivity index (χ0n) is 11.9. The third kappa shape index (κ3) is 3.07. The van der Waals surface area contributed by atoms with Gasteiger partial charge in [-0.15, -0.1) is 0 Å². The van der Waals surface area contributed by atoms with Crippen molar-refractivity contribution in [3.8, 4) is 0 Å². The number of nitrogen functional groups attached to an aromatic ring is 1. The van der Waals surface area contributed by atoms with Gasteiger partial charge in [-0.25, -0.2) is 0 Å². The minimum absolute atomic E-state index is 0.00320. The third-order valence-corrected chi connectivity index (χ3v) is 4.88. The molecule has 2 fully saturated rings. The quantitative estimate of drug-likeness (QED) is 0.673. The monoisotopic (exact) mass is 309 g/mol. The topological polar surface area (TPSA) is 61.6 Å². The Balaban J connectivity index is 1.76. The number of hydrogen-bond acceptors (Lipinski definition) is 4. The number of anilines is 1. The lowest BCUT2D eigenvalue weighted by Gasteiger charge is -2.42. The van der Waals surface area contributed by atoms with Gasteiger partial charge >= 0.3 is 0 Å². The molecule has 2 N–H and O–H groups in total. The molecule has 0 saturated carbocycles. The van der Waals surface area contributed by atoms with Crippen LogP contribution in [0.1, 0.15) is 36.0 Å². The minimum Gasteiger partial charge on any atom is -0.398 e. The summed E-state index contributed by atoms with van der Waals surface area (Å²) < 4.78 is 11.4. The predicted molar refractivity (Wildman–Crippen MR) is 81.7 cm³/mol. The highest BCUT2D eigenvalue weighted by Crippen LogP contribution is 2.38. The molecule has 2 aliphatic rings. The maximum atomic E-state index is 12.7. The van der Waals surface area contributed by atoms with Crippen LogP contribution in [-0.2, 0) is 9.47 Å². The summed E-state index contributed by atoms with van der Waals surface area (Å²) in [6, 6.07) is 5.13. The number of nitrogens with two attached hydrogens (primary N) is 1. The highest BCUT2D eigenvalue weighted by Gasteiger charge is 2.41. The second-order valence-corrected chi connectivity index (χ2v) is 6.34. The van der Waals surface area contributed by atoms with Crippen LogP contribution in [0.2, 0.25) is 5.02 Å². The molecule has 2 saturated heterocycles. The molecular weight excluding hydrogens is 290 g/mol. The molecule has 21 heavy (non-hydrogen) atoms. The first-order chi connectivity index (χ1) is 10.1. The zero-order chi connectivity index (χ0) is 14.9. The summed E-state index contributed by atoms with van der Waals surface area (Å²) >= 11 is 6.02. The normalized spacial score (nSPS) is 24.9. The van der Waals surface area contributed by atoms with E-state index in [9.17, 15) is 4.79 Å². The fraction of sp³-hybridized carbons (Fsp3) is 0.562. The largest absolute Gasteiger partial charge is 0.398 e. The van der Waals surface area contributed by atoms with Crippen LogP contribution < -0.4 is 5.73 Å². The summed E-state index contributed by atoms with van der Waals surface area (Å²) in [6.07, 6.45) is 3.29. The highest BCUT2D eigenvalue weighted by molar-refractivity contribution is 6.33. The molecule has 0 bridgehead atoms. The number of Topliss-reactive ketones (excluding diaryl/α,β-unsaturated/α-hetero) is 1. The second-order valence-electron chi connectivity index (χ2n) is 5.93. The lowest BCUT2D eigenvalue weighted by molar-refractivity contribution is -0.142. The van der Waals surface area contributed by atoms with Crippen LogP contribution in [0.3, 0.4) is 0 Å². The zero-order valence-corrected chi connectivity index (χ0v) is 12.7. The van der Waals surface area contributed by atoms with E-state index in [4.69, 9.17) is 26.8 Å². The van der Waals surface area contributed by atoms with Gasteiger partial charge in [0.25, 0.3) is 0 Å². The van der Waals surface area contributed by atoms with Gasteiger partial charge in [0.05, 0.1) is 16.3 Å². The Kier molecular flexibility index (Phi) is 4.20. The van der Waals surface area contributed by atoms with E-state index < -0.39 is 0 Å². The third-order valence-electron chi connectivity index (χ3n) is 4.55. The predicted octanol–water partition coefficient (Wildman–Crippen LogP) is 3.08. The fourth-order valence-electron chi connectivity index (χ4n) is 3.26. The molecule has 1 spiro atoms. The highest BCUT2D eigenvalue weighted by atomic mass is 35.5. The van der Waals surface area contributed by atoms with Gasteiger partial charge in [0.2, 0.25) is 0 Å². The van der Waals surface area contributed by atoms with Gasteiger partial charge in [-0.1, -0.05) is 11.6 Å². The first-order valence-electron chi connectivity index (χ1n) is 7.41. The fourth-order valence-corrected chi connectivity index (χ4v) is 3.44. The van der Waals surface area contributed by atoms with E-state index in [1.165, 1.54) is 0 Å². The van der Waals surface area contributed by atoms with Crippen LogP contribution in [0.25, 0.3) is 0 Å². The van der Waals surface area contributed by atoms with Crippen LogP contribution in [-0.4, -0.2) is 31.2 Å². The molecule has 0 radical (unpaired) electrons. The first-order valence-corrected chi connectivity index (χ1v) is 7.78. The van der Waals surface area contributed by atoms with E-state index in [0.29, 0.717) is 36.1 Å². The Hall–Kier alpha value is -1.10.